The largest absolute Gasteiger partial charge is 0.326 e. The van der Waals surface area contributed by atoms with Crippen molar-refractivity contribution in [2.24, 2.45) is 5.73 Å². The van der Waals surface area contributed by atoms with Crippen molar-refractivity contribution in [2.75, 3.05) is 13.6 Å². The van der Waals surface area contributed by atoms with Crippen LogP contribution >= 0.6 is 11.6 Å². The molecule has 0 heterocycles. The summed E-state index contributed by atoms with van der Waals surface area (Å²) < 4.78 is 39.4. The number of rotatable bonds is 5. The Morgan fingerprint density at radius 3 is 2.56 bits per heavy atom. The van der Waals surface area contributed by atoms with Crippen LogP contribution in [0.2, 0.25) is 5.02 Å². The fourth-order valence-corrected chi connectivity index (χ4v) is 3.26. The molecule has 0 radical (unpaired) electrons. The summed E-state index contributed by atoms with van der Waals surface area (Å²) >= 11 is 5.78. The van der Waals surface area contributed by atoms with Crippen molar-refractivity contribution in [3.05, 3.63) is 28.5 Å². The average Bonchev–Trinajstić information content (AvgIpc) is 2.31. The third-order valence-corrected chi connectivity index (χ3v) is 4.60. The molecule has 102 valence electrons. The number of hydrogen-bond acceptors (Lipinski definition) is 3. The number of nitrogens with two attached hydrogens (primary N) is 1. The highest BCUT2D eigenvalue weighted by Crippen LogP contribution is 2.25. The maximum atomic E-state index is 14.0. The van der Waals surface area contributed by atoms with Crippen LogP contribution in [0.15, 0.2) is 17.0 Å². The summed E-state index contributed by atoms with van der Waals surface area (Å²) in [5.41, 5.74) is 5.45. The van der Waals surface area contributed by atoms with E-state index in [0.29, 0.717) is 13.0 Å². The van der Waals surface area contributed by atoms with E-state index in [1.807, 2.05) is 6.92 Å². The van der Waals surface area contributed by atoms with Gasteiger partial charge in [0.2, 0.25) is 10.0 Å². The van der Waals surface area contributed by atoms with Gasteiger partial charge in [0, 0.05) is 30.7 Å². The van der Waals surface area contributed by atoms with E-state index in [-0.39, 0.29) is 17.1 Å². The van der Waals surface area contributed by atoms with Gasteiger partial charge in [0.15, 0.2) is 0 Å². The van der Waals surface area contributed by atoms with E-state index >= 15 is 0 Å². The van der Waals surface area contributed by atoms with Gasteiger partial charge in [-0.1, -0.05) is 18.5 Å². The van der Waals surface area contributed by atoms with Crippen LogP contribution < -0.4 is 5.73 Å². The first-order valence-corrected chi connectivity index (χ1v) is 7.30. The van der Waals surface area contributed by atoms with Gasteiger partial charge in [0.1, 0.15) is 10.7 Å². The van der Waals surface area contributed by atoms with Gasteiger partial charge >= 0.3 is 0 Å². The Morgan fingerprint density at radius 2 is 2.06 bits per heavy atom. The van der Waals surface area contributed by atoms with Crippen LogP contribution in [0.25, 0.3) is 0 Å². The summed E-state index contributed by atoms with van der Waals surface area (Å²) in [6, 6.07) is 2.44. The lowest BCUT2D eigenvalue weighted by molar-refractivity contribution is 0.461. The van der Waals surface area contributed by atoms with Crippen molar-refractivity contribution >= 4 is 21.6 Å². The minimum Gasteiger partial charge on any atom is -0.326 e. The van der Waals surface area contributed by atoms with Gasteiger partial charge in [-0.2, -0.15) is 0 Å². The van der Waals surface area contributed by atoms with Crippen molar-refractivity contribution in [1.82, 2.24) is 4.31 Å². The summed E-state index contributed by atoms with van der Waals surface area (Å²) in [6.45, 7) is 2.05. The molecule has 18 heavy (non-hydrogen) atoms. The van der Waals surface area contributed by atoms with Gasteiger partial charge in [-0.25, -0.2) is 17.1 Å². The van der Waals surface area contributed by atoms with Gasteiger partial charge < -0.3 is 5.73 Å². The third kappa shape index (κ3) is 3.00. The monoisotopic (exact) mass is 294 g/mol. The van der Waals surface area contributed by atoms with E-state index in [0.717, 1.165) is 10.4 Å². The van der Waals surface area contributed by atoms with E-state index < -0.39 is 20.7 Å². The maximum Gasteiger partial charge on any atom is 0.245 e. The first-order chi connectivity index (χ1) is 8.34. The molecule has 0 unspecified atom stereocenters. The van der Waals surface area contributed by atoms with Crippen molar-refractivity contribution in [1.29, 1.82) is 0 Å². The molecular formula is C11H16ClFN2O2S. The zero-order valence-corrected chi connectivity index (χ0v) is 11.9. The maximum absolute atomic E-state index is 14.0. The van der Waals surface area contributed by atoms with Gasteiger partial charge in [0.25, 0.3) is 0 Å². The molecule has 0 fully saturated rings. The second-order valence-electron chi connectivity index (χ2n) is 3.91. The molecule has 7 heteroatoms. The van der Waals surface area contributed by atoms with E-state index in [2.05, 4.69) is 0 Å². The molecule has 1 aromatic rings. The summed E-state index contributed by atoms with van der Waals surface area (Å²) in [7, 11) is -2.46. The van der Waals surface area contributed by atoms with Crippen LogP contribution in [-0.4, -0.2) is 26.3 Å². The molecule has 1 aromatic carbocycles. The topological polar surface area (TPSA) is 63.4 Å². The Morgan fingerprint density at radius 1 is 1.44 bits per heavy atom. The fourth-order valence-electron chi connectivity index (χ4n) is 1.56. The number of hydrogen-bond donors (Lipinski definition) is 1. The third-order valence-electron chi connectivity index (χ3n) is 2.53. The predicted molar refractivity (Wildman–Crippen MR) is 69.4 cm³/mol. The van der Waals surface area contributed by atoms with E-state index in [9.17, 15) is 12.8 Å². The fraction of sp³-hybridized carbons (Fsp3) is 0.455. The molecular weight excluding hydrogens is 279 g/mol. The second kappa shape index (κ2) is 5.97. The predicted octanol–water partition coefficient (Wildman–Crippen LogP) is 1.97. The standard InChI is InChI=1S/C11H16ClFN2O2S/c1-3-4-15(2)18(16,17)10-6-9(12)5-8(7-14)11(10)13/h5-6H,3-4,7,14H2,1-2H3. The van der Waals surface area contributed by atoms with Gasteiger partial charge in [-0.15, -0.1) is 0 Å². The number of halogens is 2. The van der Waals surface area contributed by atoms with Gasteiger partial charge in [0.05, 0.1) is 0 Å². The quantitative estimate of drug-likeness (QED) is 0.903. The van der Waals surface area contributed by atoms with Gasteiger partial charge in [-0.05, 0) is 18.6 Å². The zero-order chi connectivity index (χ0) is 13.9. The van der Waals surface area contributed by atoms with Gasteiger partial charge in [-0.3, -0.25) is 0 Å². The van der Waals surface area contributed by atoms with E-state index in [1.54, 1.807) is 0 Å². The SMILES string of the molecule is CCCN(C)S(=O)(=O)c1cc(Cl)cc(CN)c1F. The molecule has 0 aromatic heterocycles. The normalized spacial score (nSPS) is 12.1. The Kier molecular flexibility index (Phi) is 5.10. The molecule has 0 aliphatic carbocycles. The molecule has 0 amide bonds. The molecule has 1 rings (SSSR count). The van der Waals surface area contributed by atoms with Crippen LogP contribution in [0.4, 0.5) is 4.39 Å². The number of nitrogens with zero attached hydrogens (tertiary/aromatic N) is 1. The summed E-state index contributed by atoms with van der Waals surface area (Å²) in [6.07, 6.45) is 0.641. The Hall–Kier alpha value is -0.690. The lowest BCUT2D eigenvalue weighted by Crippen LogP contribution is -2.28. The highest BCUT2D eigenvalue weighted by atomic mass is 35.5. The van der Waals surface area contributed by atoms with Crippen LogP contribution in [-0.2, 0) is 16.6 Å². The summed E-state index contributed by atoms with van der Waals surface area (Å²) in [5, 5.41) is 0.153. The zero-order valence-electron chi connectivity index (χ0n) is 10.3. The molecule has 0 saturated heterocycles. The van der Waals surface area contributed by atoms with Crippen LogP contribution in [0.1, 0.15) is 18.9 Å². The van der Waals surface area contributed by atoms with E-state index in [4.69, 9.17) is 17.3 Å². The highest BCUT2D eigenvalue weighted by molar-refractivity contribution is 7.89. The molecule has 0 saturated carbocycles. The van der Waals surface area contributed by atoms with E-state index in [1.165, 1.54) is 13.1 Å². The molecule has 0 atom stereocenters. The molecule has 0 aliphatic heterocycles. The molecule has 0 aliphatic rings. The number of benzene rings is 1. The first kappa shape index (κ1) is 15.4. The smallest absolute Gasteiger partial charge is 0.245 e. The highest BCUT2D eigenvalue weighted by Gasteiger charge is 2.26. The number of sulfonamides is 1. The Bertz CT molecular complexity index is 534. The van der Waals surface area contributed by atoms with Crippen LogP contribution in [0.3, 0.4) is 0 Å². The van der Waals surface area contributed by atoms with Crippen molar-refractivity contribution in [3.63, 3.8) is 0 Å². The minimum atomic E-state index is -3.87. The average molecular weight is 295 g/mol. The summed E-state index contributed by atoms with van der Waals surface area (Å²) in [5.74, 6) is -0.829. The van der Waals surface area contributed by atoms with Crippen LogP contribution in [0, 0.1) is 5.82 Å². The lowest BCUT2D eigenvalue weighted by atomic mass is 10.2. The molecule has 2 N–H and O–H groups in total. The Labute approximate surface area is 112 Å². The van der Waals surface area contributed by atoms with Crippen molar-refractivity contribution < 1.29 is 12.8 Å². The van der Waals surface area contributed by atoms with Crippen LogP contribution in [0.5, 0.6) is 0 Å². The summed E-state index contributed by atoms with van der Waals surface area (Å²) in [4.78, 5) is -0.425. The molecule has 0 spiro atoms. The van der Waals surface area contributed by atoms with Crippen molar-refractivity contribution in [2.45, 2.75) is 24.8 Å². The Balaban J connectivity index is 3.37. The first-order valence-electron chi connectivity index (χ1n) is 5.49. The molecule has 4 nitrogen and oxygen atoms in total. The minimum absolute atomic E-state index is 0.0889. The molecule has 0 bridgehead atoms. The second-order valence-corrected chi connectivity index (χ2v) is 6.36. The lowest BCUT2D eigenvalue weighted by Gasteiger charge is -2.17. The van der Waals surface area contributed by atoms with Crippen molar-refractivity contribution in [3.8, 4) is 0 Å².